The Labute approximate surface area is 264 Å². The smallest absolute Gasteiger partial charge is 0.335 e. The number of amides is 4. The Balaban J connectivity index is 3.77. The van der Waals surface area contributed by atoms with Gasteiger partial charge in [-0.25, -0.2) is 0 Å². The van der Waals surface area contributed by atoms with Crippen molar-refractivity contribution in [3.63, 3.8) is 0 Å². The highest BCUT2D eigenvalue weighted by Crippen LogP contribution is 2.40. The Kier molecular flexibility index (Phi) is 13.0. The summed E-state index contributed by atoms with van der Waals surface area (Å²) in [4.78, 5) is 45.6. The van der Waals surface area contributed by atoms with Gasteiger partial charge in [-0.15, -0.1) is 0 Å². The first-order valence-electron chi connectivity index (χ1n) is 13.0. The second-order valence-electron chi connectivity index (χ2n) is 10.2. The molecule has 1 rings (SSSR count). The number of carbonyl (C=O) groups is 4. The van der Waals surface area contributed by atoms with E-state index >= 15 is 0 Å². The van der Waals surface area contributed by atoms with E-state index in [4.69, 9.17) is 0 Å². The number of halogens is 20. The van der Waals surface area contributed by atoms with Crippen LogP contribution < -0.4 is 0 Å². The number of alkyl halides is 20. The van der Waals surface area contributed by atoms with Crippen LogP contribution in [0.3, 0.4) is 0 Å². The van der Waals surface area contributed by atoms with Crippen molar-refractivity contribution in [3.8, 4) is 0 Å². The molecule has 1 aliphatic heterocycles. The highest BCUT2D eigenvalue weighted by Gasteiger charge is 2.67. The fourth-order valence-electron chi connectivity index (χ4n) is 3.93. The molecule has 50 heavy (non-hydrogen) atoms. The second kappa shape index (κ2) is 14.6. The maximum Gasteiger partial charge on any atom is 0.463 e. The zero-order valence-electron chi connectivity index (χ0n) is 24.1. The molecule has 4 amide bonds. The van der Waals surface area contributed by atoms with E-state index in [1.54, 1.807) is 0 Å². The number of hydrogen-bond acceptors (Lipinski definition) is 4. The average Bonchev–Trinajstić information content (AvgIpc) is 2.93. The van der Waals surface area contributed by atoms with Crippen molar-refractivity contribution in [2.45, 2.75) is 61.2 Å². The van der Waals surface area contributed by atoms with Crippen molar-refractivity contribution < 1.29 is 107 Å². The molecule has 0 bridgehead atoms. The lowest BCUT2D eigenvalue weighted by atomic mass is 10.2. The van der Waals surface area contributed by atoms with Gasteiger partial charge in [0, 0.05) is 52.4 Å². The third-order valence-corrected chi connectivity index (χ3v) is 6.64. The van der Waals surface area contributed by atoms with Crippen molar-refractivity contribution in [2.24, 2.45) is 0 Å². The first kappa shape index (κ1) is 44.5. The Hall–Kier alpha value is -3.52. The van der Waals surface area contributed by atoms with Gasteiger partial charge in [-0.3, -0.25) is 19.2 Å². The fourth-order valence-corrected chi connectivity index (χ4v) is 3.93. The molecule has 0 radical (unpaired) electrons. The summed E-state index contributed by atoms with van der Waals surface area (Å²) < 4.78 is 265. The van der Waals surface area contributed by atoms with Crippen LogP contribution in [0.5, 0.6) is 0 Å². The second-order valence-corrected chi connectivity index (χ2v) is 10.2. The van der Waals surface area contributed by atoms with E-state index in [1.807, 2.05) is 0 Å². The van der Waals surface area contributed by atoms with Gasteiger partial charge >= 0.3 is 72.0 Å². The van der Waals surface area contributed by atoms with Crippen LogP contribution in [0.15, 0.2) is 0 Å². The molecule has 8 nitrogen and oxygen atoms in total. The fraction of sp³-hybridized carbons (Fsp3) is 0.818. The third-order valence-electron chi connectivity index (χ3n) is 6.64. The van der Waals surface area contributed by atoms with Crippen molar-refractivity contribution in [1.82, 2.24) is 19.6 Å². The van der Waals surface area contributed by atoms with Gasteiger partial charge in [0.25, 0.3) is 0 Å². The van der Waals surface area contributed by atoms with E-state index in [0.717, 1.165) is 0 Å². The number of nitrogens with zero attached hydrogens (tertiary/aromatic N) is 4. The lowest BCUT2D eigenvalue weighted by Gasteiger charge is -2.35. The Morgan fingerprint density at radius 1 is 0.280 bits per heavy atom. The first-order valence-corrected chi connectivity index (χ1v) is 13.0. The number of hydrogen-bond donors (Lipinski definition) is 0. The predicted molar refractivity (Wildman–Crippen MR) is 120 cm³/mol. The molecule has 0 aromatic heterocycles. The van der Waals surface area contributed by atoms with E-state index in [9.17, 15) is 107 Å². The number of carbonyl (C=O) groups excluding carboxylic acids is 4. The van der Waals surface area contributed by atoms with E-state index in [-0.39, 0.29) is 0 Å². The molecule has 0 aromatic rings. The summed E-state index contributed by atoms with van der Waals surface area (Å²) >= 11 is 0. The zero-order valence-corrected chi connectivity index (χ0v) is 24.1. The minimum absolute atomic E-state index is 0.699. The number of rotatable bonds is 4. The van der Waals surface area contributed by atoms with Gasteiger partial charge in [-0.05, 0) is 12.8 Å². The van der Waals surface area contributed by atoms with Gasteiger partial charge in [-0.2, -0.15) is 87.8 Å². The van der Waals surface area contributed by atoms with Crippen LogP contribution >= 0.6 is 0 Å². The van der Waals surface area contributed by atoms with Crippen LogP contribution in [-0.4, -0.2) is 144 Å². The van der Waals surface area contributed by atoms with Gasteiger partial charge in [0.1, 0.15) is 0 Å². The van der Waals surface area contributed by atoms with Crippen molar-refractivity contribution >= 4 is 23.6 Å². The highest BCUT2D eigenvalue weighted by atomic mass is 19.4. The van der Waals surface area contributed by atoms with Crippen LogP contribution in [0.4, 0.5) is 87.8 Å². The lowest BCUT2D eigenvalue weighted by Crippen LogP contribution is -2.58. The van der Waals surface area contributed by atoms with Gasteiger partial charge in [0.2, 0.25) is 0 Å². The molecule has 0 spiro atoms. The van der Waals surface area contributed by atoms with Crippen LogP contribution in [0.1, 0.15) is 12.8 Å². The molecule has 1 saturated heterocycles. The SMILES string of the molecule is O=C(N1CCCN(C(=O)C(F)(F)C(F)(F)F)CCN(C(=O)C(F)(F)C(F)(F)F)CCCN(C(=O)C(F)(F)C(F)(F)F)CC1)C(F)(F)C(F)(F)F. The lowest BCUT2D eigenvalue weighted by molar-refractivity contribution is -0.276. The van der Waals surface area contributed by atoms with E-state index < -0.39 is 157 Å². The van der Waals surface area contributed by atoms with Crippen molar-refractivity contribution in [2.75, 3.05) is 52.4 Å². The monoisotopic (exact) mass is 784 g/mol. The van der Waals surface area contributed by atoms with Gasteiger partial charge < -0.3 is 19.6 Å². The minimum atomic E-state index is -6.74. The average molecular weight is 784 g/mol. The molecule has 0 N–H and O–H groups in total. The van der Waals surface area contributed by atoms with Crippen LogP contribution in [0.25, 0.3) is 0 Å². The van der Waals surface area contributed by atoms with Gasteiger partial charge in [-0.1, -0.05) is 0 Å². The van der Waals surface area contributed by atoms with Crippen molar-refractivity contribution in [3.05, 3.63) is 0 Å². The van der Waals surface area contributed by atoms with E-state index in [2.05, 4.69) is 0 Å². The van der Waals surface area contributed by atoms with E-state index in [0.29, 0.717) is 0 Å². The molecule has 0 saturated carbocycles. The van der Waals surface area contributed by atoms with Crippen molar-refractivity contribution in [1.29, 1.82) is 0 Å². The quantitative estimate of drug-likeness (QED) is 0.381. The Morgan fingerprint density at radius 2 is 0.420 bits per heavy atom. The van der Waals surface area contributed by atoms with Crippen LogP contribution in [-0.2, 0) is 19.2 Å². The highest BCUT2D eigenvalue weighted by molar-refractivity contribution is 5.87. The molecular formula is C22H20F20N4O4. The maximum absolute atomic E-state index is 13.8. The Morgan fingerprint density at radius 3 is 0.540 bits per heavy atom. The molecule has 0 atom stereocenters. The predicted octanol–water partition coefficient (Wildman–Crippen LogP) is 4.89. The first-order chi connectivity index (χ1) is 22.1. The summed E-state index contributed by atoms with van der Waals surface area (Å²) in [7, 11) is 0. The van der Waals surface area contributed by atoms with E-state index in [1.165, 1.54) is 0 Å². The third kappa shape index (κ3) is 9.42. The van der Waals surface area contributed by atoms with Gasteiger partial charge in [0.15, 0.2) is 0 Å². The largest absolute Gasteiger partial charge is 0.463 e. The molecule has 1 heterocycles. The molecule has 28 heteroatoms. The Bertz CT molecular complexity index is 1060. The van der Waals surface area contributed by atoms with Gasteiger partial charge in [0.05, 0.1) is 0 Å². The molecule has 1 aliphatic rings. The summed E-state index contributed by atoms with van der Waals surface area (Å²) in [6.07, 6.45) is -29.9. The molecule has 0 aromatic carbocycles. The van der Waals surface area contributed by atoms with Crippen LogP contribution in [0, 0.1) is 0 Å². The maximum atomic E-state index is 13.8. The normalized spacial score (nSPS) is 18.2. The molecule has 1 fully saturated rings. The summed E-state index contributed by atoms with van der Waals surface area (Å²) in [5.41, 5.74) is 0. The topological polar surface area (TPSA) is 81.2 Å². The summed E-state index contributed by atoms with van der Waals surface area (Å²) in [6.45, 7) is -14.3. The molecule has 0 aliphatic carbocycles. The standard InChI is InChI=1S/C22H20F20N4O4/c23-15(24,19(31,32)33)11(47)43-3-1-4-44(12(48)16(25,26)20(34,35)36)8-10-46(14(50)18(29,30)22(40,41)42)6-2-5-45(9-7-43)13(49)17(27,28)21(37,38)39/h1-10H2. The molecule has 0 unspecified atom stereocenters. The van der Waals surface area contributed by atoms with Crippen LogP contribution in [0.2, 0.25) is 0 Å². The summed E-state index contributed by atoms with van der Waals surface area (Å²) in [5.74, 6) is -38.9. The molecular weight excluding hydrogens is 764 g/mol. The minimum Gasteiger partial charge on any atom is -0.335 e. The summed E-state index contributed by atoms with van der Waals surface area (Å²) in [6, 6.07) is 0. The zero-order chi connectivity index (χ0) is 39.7. The summed E-state index contributed by atoms with van der Waals surface area (Å²) in [5, 5.41) is 0. The molecule has 292 valence electrons.